The van der Waals surface area contributed by atoms with Crippen molar-refractivity contribution in [3.05, 3.63) is 129 Å². The van der Waals surface area contributed by atoms with Crippen LogP contribution in [-0.2, 0) is 32.6 Å². The zero-order valence-electron chi connectivity index (χ0n) is 28.8. The molecule has 1 atom stereocenters. The highest BCUT2D eigenvalue weighted by molar-refractivity contribution is 7.92. The van der Waals surface area contributed by atoms with E-state index >= 15 is 0 Å². The van der Waals surface area contributed by atoms with Gasteiger partial charge < -0.3 is 10.2 Å². The minimum Gasteiger partial charge on any atom is -0.352 e. The molecule has 1 fully saturated rings. The van der Waals surface area contributed by atoms with E-state index in [9.17, 15) is 18.0 Å². The van der Waals surface area contributed by atoms with Crippen LogP contribution < -0.4 is 9.62 Å². The van der Waals surface area contributed by atoms with E-state index in [4.69, 9.17) is 23.2 Å². The minimum absolute atomic E-state index is 0.00322. The summed E-state index contributed by atoms with van der Waals surface area (Å²) in [5.41, 5.74) is 3.74. The molecule has 0 aromatic heterocycles. The largest absolute Gasteiger partial charge is 0.352 e. The number of rotatable bonds is 13. The number of hydrogen-bond acceptors (Lipinski definition) is 4. The lowest BCUT2D eigenvalue weighted by atomic mass is 9.94. The number of carbonyl (C=O) groups is 2. The number of amides is 2. The van der Waals surface area contributed by atoms with Crippen molar-refractivity contribution in [3.63, 3.8) is 0 Å². The number of anilines is 1. The van der Waals surface area contributed by atoms with Crippen LogP contribution in [-0.4, -0.2) is 43.8 Å². The lowest BCUT2D eigenvalue weighted by Crippen LogP contribution is -2.55. The Morgan fingerprint density at radius 1 is 0.860 bits per heavy atom. The van der Waals surface area contributed by atoms with Gasteiger partial charge in [0.2, 0.25) is 11.8 Å². The van der Waals surface area contributed by atoms with Gasteiger partial charge in [-0.15, -0.1) is 0 Å². The Hall–Kier alpha value is -3.85. The first-order valence-electron chi connectivity index (χ1n) is 17.2. The third-order valence-corrected chi connectivity index (χ3v) is 11.7. The van der Waals surface area contributed by atoms with Gasteiger partial charge in [-0.3, -0.25) is 13.9 Å². The summed E-state index contributed by atoms with van der Waals surface area (Å²) in [7, 11) is -4.20. The molecule has 0 unspecified atom stereocenters. The van der Waals surface area contributed by atoms with Crippen molar-refractivity contribution in [3.8, 4) is 0 Å². The average molecular weight is 735 g/mol. The lowest BCUT2D eigenvalue weighted by molar-refractivity contribution is -0.140. The topological polar surface area (TPSA) is 86.8 Å². The Morgan fingerprint density at radius 2 is 1.52 bits per heavy atom. The van der Waals surface area contributed by atoms with E-state index in [1.54, 1.807) is 54.6 Å². The van der Waals surface area contributed by atoms with Crippen LogP contribution in [0.4, 0.5) is 5.69 Å². The maximum Gasteiger partial charge on any atom is 0.264 e. The van der Waals surface area contributed by atoms with Crippen molar-refractivity contribution < 1.29 is 18.0 Å². The molecule has 10 heteroatoms. The van der Waals surface area contributed by atoms with Gasteiger partial charge in [0.1, 0.15) is 12.6 Å². The van der Waals surface area contributed by atoms with Gasteiger partial charge in [0.05, 0.1) is 10.6 Å². The molecule has 2 amide bonds. The molecule has 4 aromatic carbocycles. The number of hydrogen-bond donors (Lipinski definition) is 1. The van der Waals surface area contributed by atoms with Crippen molar-refractivity contribution >= 4 is 50.7 Å². The van der Waals surface area contributed by atoms with Gasteiger partial charge in [0.15, 0.2) is 0 Å². The molecule has 264 valence electrons. The average Bonchev–Trinajstić information content (AvgIpc) is 3.10. The van der Waals surface area contributed by atoms with E-state index in [0.29, 0.717) is 21.3 Å². The van der Waals surface area contributed by atoms with Crippen LogP contribution in [0.5, 0.6) is 0 Å². The number of nitrogens with zero attached hydrogens (tertiary/aromatic N) is 2. The van der Waals surface area contributed by atoms with E-state index < -0.39 is 28.5 Å². The molecule has 1 aliphatic carbocycles. The first-order valence-corrected chi connectivity index (χ1v) is 19.4. The van der Waals surface area contributed by atoms with Crippen LogP contribution in [0.15, 0.2) is 102 Å². The van der Waals surface area contributed by atoms with Crippen molar-refractivity contribution in [2.45, 2.75) is 88.7 Å². The quantitative estimate of drug-likeness (QED) is 0.149. The Labute approximate surface area is 306 Å². The Morgan fingerprint density at radius 3 is 2.14 bits per heavy atom. The molecule has 0 radical (unpaired) electrons. The van der Waals surface area contributed by atoms with Crippen LogP contribution in [0.3, 0.4) is 0 Å². The first kappa shape index (κ1) is 37.4. The predicted octanol–water partition coefficient (Wildman–Crippen LogP) is 8.71. The molecule has 1 saturated carbocycles. The van der Waals surface area contributed by atoms with Crippen molar-refractivity contribution in [2.75, 3.05) is 10.8 Å². The summed E-state index contributed by atoms with van der Waals surface area (Å²) >= 11 is 12.9. The predicted molar refractivity (Wildman–Crippen MR) is 202 cm³/mol. The fourth-order valence-electron chi connectivity index (χ4n) is 6.32. The molecular weight excluding hydrogens is 689 g/mol. The van der Waals surface area contributed by atoms with Gasteiger partial charge in [-0.1, -0.05) is 123 Å². The van der Waals surface area contributed by atoms with Crippen LogP contribution in [0, 0.1) is 6.92 Å². The summed E-state index contributed by atoms with van der Waals surface area (Å²) in [6, 6.07) is 27.4. The Bertz CT molecular complexity index is 1860. The molecular formula is C40H45Cl2N3O4S. The highest BCUT2D eigenvalue weighted by atomic mass is 35.5. The molecule has 50 heavy (non-hydrogen) atoms. The highest BCUT2D eigenvalue weighted by Crippen LogP contribution is 2.29. The van der Waals surface area contributed by atoms with E-state index in [2.05, 4.69) is 19.2 Å². The van der Waals surface area contributed by atoms with Gasteiger partial charge >= 0.3 is 0 Å². The van der Waals surface area contributed by atoms with Crippen LogP contribution in [0.1, 0.15) is 74.1 Å². The zero-order valence-corrected chi connectivity index (χ0v) is 31.1. The second kappa shape index (κ2) is 16.9. The fraction of sp³-hybridized carbons (Fsp3) is 0.350. The molecule has 0 heterocycles. The smallest absolute Gasteiger partial charge is 0.264 e. The van der Waals surface area contributed by atoms with Gasteiger partial charge in [-0.05, 0) is 78.8 Å². The molecule has 0 spiro atoms. The Kier molecular flexibility index (Phi) is 12.6. The van der Waals surface area contributed by atoms with E-state index in [0.717, 1.165) is 53.1 Å². The van der Waals surface area contributed by atoms with Crippen LogP contribution >= 0.6 is 23.2 Å². The number of aryl methyl sites for hydroxylation is 1. The van der Waals surface area contributed by atoms with Crippen LogP contribution in [0.2, 0.25) is 10.0 Å². The van der Waals surface area contributed by atoms with Crippen molar-refractivity contribution in [2.24, 2.45) is 0 Å². The van der Waals surface area contributed by atoms with Gasteiger partial charge in [-0.25, -0.2) is 8.42 Å². The molecule has 7 nitrogen and oxygen atoms in total. The lowest BCUT2D eigenvalue weighted by Gasteiger charge is -2.35. The van der Waals surface area contributed by atoms with E-state index in [1.165, 1.54) is 4.90 Å². The number of benzene rings is 4. The molecule has 0 saturated heterocycles. The van der Waals surface area contributed by atoms with Crippen molar-refractivity contribution in [1.82, 2.24) is 10.2 Å². The van der Waals surface area contributed by atoms with Crippen molar-refractivity contribution in [1.29, 1.82) is 0 Å². The zero-order chi connectivity index (χ0) is 35.8. The summed E-state index contributed by atoms with van der Waals surface area (Å²) in [4.78, 5) is 30.7. The summed E-state index contributed by atoms with van der Waals surface area (Å²) < 4.78 is 29.9. The first-order chi connectivity index (χ1) is 23.9. The summed E-state index contributed by atoms with van der Waals surface area (Å²) in [5, 5.41) is 4.01. The van der Waals surface area contributed by atoms with E-state index in [1.807, 2.05) is 49.4 Å². The third kappa shape index (κ3) is 9.47. The third-order valence-electron chi connectivity index (χ3n) is 9.31. The second-order valence-electron chi connectivity index (χ2n) is 13.4. The normalized spacial score (nSPS) is 14.3. The number of carbonyl (C=O) groups excluding carboxylic acids is 2. The van der Waals surface area contributed by atoms with E-state index in [-0.39, 0.29) is 35.7 Å². The minimum atomic E-state index is -4.20. The summed E-state index contributed by atoms with van der Waals surface area (Å²) in [6.07, 6.45) is 5.15. The fourth-order valence-corrected chi connectivity index (χ4v) is 8.21. The molecule has 4 aromatic rings. The van der Waals surface area contributed by atoms with Gasteiger partial charge in [-0.2, -0.15) is 0 Å². The summed E-state index contributed by atoms with van der Waals surface area (Å²) in [5.74, 6) is -0.596. The second-order valence-corrected chi connectivity index (χ2v) is 16.1. The molecule has 0 aliphatic heterocycles. The highest BCUT2D eigenvalue weighted by Gasteiger charge is 2.35. The maximum absolute atomic E-state index is 14.8. The summed E-state index contributed by atoms with van der Waals surface area (Å²) in [6.45, 7) is 5.43. The molecule has 0 bridgehead atoms. The number of nitrogens with one attached hydrogen (secondary N) is 1. The number of halogens is 2. The molecule has 5 rings (SSSR count). The monoisotopic (exact) mass is 733 g/mol. The Balaban J connectivity index is 1.59. The molecule has 1 aliphatic rings. The SMILES string of the molecule is Cc1ccc(S(=O)(=O)N(CC(=O)N(Cc2ccc(Cl)cc2Cl)[C@@H](Cc2ccccc2)C(=O)NC2CCCCC2)c2ccc(C(C)C)cc2)cc1. The maximum atomic E-state index is 14.8. The standard InChI is InChI=1S/C40H45Cl2N3O4S/c1-28(2)31-17-20-35(21-18-31)45(50(48,49)36-22-14-29(3)15-23-36)27-39(46)44(26-32-16-19-33(41)25-37(32)42)38(24-30-10-6-4-7-11-30)40(47)43-34-12-8-5-9-13-34/h4,6-7,10-11,14-23,25,28,34,38H,5,8-9,12-13,24,26-27H2,1-3H3,(H,43,47)/t38-/m0/s1. The number of sulfonamides is 1. The van der Waals surface area contributed by atoms with Gasteiger partial charge in [0.25, 0.3) is 10.0 Å². The van der Waals surface area contributed by atoms with Gasteiger partial charge in [0, 0.05) is 29.1 Å². The molecule has 1 N–H and O–H groups in total. The van der Waals surface area contributed by atoms with Crippen LogP contribution in [0.25, 0.3) is 0 Å².